The van der Waals surface area contributed by atoms with E-state index in [4.69, 9.17) is 4.74 Å². The molecule has 0 atom stereocenters. The summed E-state index contributed by atoms with van der Waals surface area (Å²) in [5.41, 5.74) is 2.99. The summed E-state index contributed by atoms with van der Waals surface area (Å²) in [7, 11) is 1.60. The predicted molar refractivity (Wildman–Crippen MR) is 106 cm³/mol. The molecule has 0 amide bonds. The van der Waals surface area contributed by atoms with Crippen molar-refractivity contribution in [3.05, 3.63) is 59.7 Å². The Morgan fingerprint density at radius 3 is 2.96 bits per heavy atom. The van der Waals surface area contributed by atoms with Crippen molar-refractivity contribution < 1.29 is 9.13 Å². The molecule has 3 N–H and O–H groups in total. The molecule has 7 heteroatoms. The minimum absolute atomic E-state index is 0.233. The van der Waals surface area contributed by atoms with Gasteiger partial charge in [-0.1, -0.05) is 0 Å². The third-order valence-corrected chi connectivity index (χ3v) is 4.19. The summed E-state index contributed by atoms with van der Waals surface area (Å²) in [6.45, 7) is 4.05. The smallest absolute Gasteiger partial charge is 0.213 e. The van der Waals surface area contributed by atoms with Crippen molar-refractivity contribution in [2.75, 3.05) is 20.2 Å². The fraction of sp³-hybridized carbons (Fsp3) is 0.300. The second kappa shape index (κ2) is 9.02. The van der Waals surface area contributed by atoms with Gasteiger partial charge in [0.15, 0.2) is 5.96 Å². The van der Waals surface area contributed by atoms with Gasteiger partial charge in [-0.05, 0) is 48.7 Å². The van der Waals surface area contributed by atoms with Gasteiger partial charge >= 0.3 is 0 Å². The van der Waals surface area contributed by atoms with E-state index in [2.05, 4.69) is 25.6 Å². The maximum Gasteiger partial charge on any atom is 0.213 e. The van der Waals surface area contributed by atoms with E-state index in [0.717, 1.165) is 47.5 Å². The number of aromatic nitrogens is 2. The third kappa shape index (κ3) is 4.97. The van der Waals surface area contributed by atoms with E-state index < -0.39 is 0 Å². The molecule has 0 aliphatic carbocycles. The molecular formula is C20H24FN5O. The number of H-pyrrole nitrogens is 1. The summed E-state index contributed by atoms with van der Waals surface area (Å²) in [5, 5.41) is 7.62. The SMILES string of the molecule is CCNC(=NCc1ccnc(OC)c1)NCCc1c[nH]c2cc(F)ccc12. The summed E-state index contributed by atoms with van der Waals surface area (Å²) in [6, 6.07) is 8.60. The molecule has 0 saturated heterocycles. The molecule has 0 spiro atoms. The third-order valence-electron chi connectivity index (χ3n) is 4.19. The zero-order valence-corrected chi connectivity index (χ0v) is 15.6. The van der Waals surface area contributed by atoms with Crippen LogP contribution in [0.1, 0.15) is 18.1 Å². The molecule has 0 bridgehead atoms. The number of benzene rings is 1. The number of guanidine groups is 1. The average Bonchev–Trinajstić information content (AvgIpc) is 3.08. The second-order valence-electron chi connectivity index (χ2n) is 6.08. The monoisotopic (exact) mass is 369 g/mol. The second-order valence-corrected chi connectivity index (χ2v) is 6.08. The van der Waals surface area contributed by atoms with Gasteiger partial charge in [-0.15, -0.1) is 0 Å². The van der Waals surface area contributed by atoms with Gasteiger partial charge in [0.1, 0.15) is 5.82 Å². The fourth-order valence-corrected chi connectivity index (χ4v) is 2.85. The molecule has 1 aromatic carbocycles. The first-order valence-corrected chi connectivity index (χ1v) is 8.96. The number of aromatic amines is 1. The highest BCUT2D eigenvalue weighted by atomic mass is 19.1. The molecule has 27 heavy (non-hydrogen) atoms. The van der Waals surface area contributed by atoms with Crippen LogP contribution in [0.2, 0.25) is 0 Å². The van der Waals surface area contributed by atoms with E-state index >= 15 is 0 Å². The van der Waals surface area contributed by atoms with Gasteiger partial charge in [-0.3, -0.25) is 0 Å². The van der Waals surface area contributed by atoms with Gasteiger partial charge in [-0.2, -0.15) is 0 Å². The maximum atomic E-state index is 13.3. The highest BCUT2D eigenvalue weighted by molar-refractivity contribution is 5.83. The van der Waals surface area contributed by atoms with Crippen molar-refractivity contribution in [2.45, 2.75) is 19.9 Å². The lowest BCUT2D eigenvalue weighted by molar-refractivity contribution is 0.397. The van der Waals surface area contributed by atoms with Crippen LogP contribution in [0.15, 0.2) is 47.7 Å². The molecule has 3 aromatic rings. The van der Waals surface area contributed by atoms with Gasteiger partial charge in [0.2, 0.25) is 5.88 Å². The molecule has 2 heterocycles. The lowest BCUT2D eigenvalue weighted by Gasteiger charge is -2.11. The number of methoxy groups -OCH3 is 1. The van der Waals surface area contributed by atoms with Crippen molar-refractivity contribution in [1.29, 1.82) is 0 Å². The van der Waals surface area contributed by atoms with Crippen molar-refractivity contribution in [3.8, 4) is 5.88 Å². The Morgan fingerprint density at radius 2 is 2.15 bits per heavy atom. The lowest BCUT2D eigenvalue weighted by atomic mass is 10.1. The molecular weight excluding hydrogens is 345 g/mol. The van der Waals surface area contributed by atoms with Crippen LogP contribution in [-0.2, 0) is 13.0 Å². The number of pyridine rings is 1. The number of hydrogen-bond acceptors (Lipinski definition) is 3. The van der Waals surface area contributed by atoms with E-state index in [0.29, 0.717) is 12.4 Å². The minimum atomic E-state index is -0.233. The number of halogens is 1. The molecule has 0 aliphatic rings. The van der Waals surface area contributed by atoms with Crippen LogP contribution in [0.4, 0.5) is 4.39 Å². The molecule has 6 nitrogen and oxygen atoms in total. The number of aliphatic imine (C=N–C) groups is 1. The predicted octanol–water partition coefficient (Wildman–Crippen LogP) is 3.01. The normalized spacial score (nSPS) is 11.6. The summed E-state index contributed by atoms with van der Waals surface area (Å²) < 4.78 is 18.4. The quantitative estimate of drug-likeness (QED) is 0.442. The van der Waals surface area contributed by atoms with E-state index in [1.807, 2.05) is 31.3 Å². The van der Waals surface area contributed by atoms with Crippen molar-refractivity contribution in [1.82, 2.24) is 20.6 Å². The highest BCUT2D eigenvalue weighted by Crippen LogP contribution is 2.19. The van der Waals surface area contributed by atoms with E-state index in [9.17, 15) is 4.39 Å². The lowest BCUT2D eigenvalue weighted by Crippen LogP contribution is -2.38. The van der Waals surface area contributed by atoms with Crippen LogP contribution in [-0.4, -0.2) is 36.1 Å². The summed E-state index contributed by atoms with van der Waals surface area (Å²) in [5.74, 6) is 1.10. The number of hydrogen-bond donors (Lipinski definition) is 3. The first kappa shape index (κ1) is 18.7. The van der Waals surface area contributed by atoms with Crippen LogP contribution in [0.3, 0.4) is 0 Å². The van der Waals surface area contributed by atoms with E-state index in [1.165, 1.54) is 12.1 Å². The molecule has 0 fully saturated rings. The van der Waals surface area contributed by atoms with Crippen LogP contribution in [0, 0.1) is 5.82 Å². The Hall–Kier alpha value is -3.09. The first-order valence-electron chi connectivity index (χ1n) is 8.96. The van der Waals surface area contributed by atoms with Gasteiger partial charge in [0, 0.05) is 42.5 Å². The van der Waals surface area contributed by atoms with Crippen molar-refractivity contribution in [2.24, 2.45) is 4.99 Å². The number of ether oxygens (including phenoxy) is 1. The van der Waals surface area contributed by atoms with Gasteiger partial charge in [0.25, 0.3) is 0 Å². The summed E-state index contributed by atoms with van der Waals surface area (Å²) >= 11 is 0. The van der Waals surface area contributed by atoms with Crippen LogP contribution in [0.25, 0.3) is 10.9 Å². The van der Waals surface area contributed by atoms with Crippen molar-refractivity contribution >= 4 is 16.9 Å². The first-order chi connectivity index (χ1) is 13.2. The van der Waals surface area contributed by atoms with Crippen molar-refractivity contribution in [3.63, 3.8) is 0 Å². The number of nitrogens with zero attached hydrogens (tertiary/aromatic N) is 2. The molecule has 3 rings (SSSR count). The molecule has 0 radical (unpaired) electrons. The molecule has 142 valence electrons. The zero-order valence-electron chi connectivity index (χ0n) is 15.6. The van der Waals surface area contributed by atoms with E-state index in [-0.39, 0.29) is 5.82 Å². The highest BCUT2D eigenvalue weighted by Gasteiger charge is 2.05. The average molecular weight is 369 g/mol. The maximum absolute atomic E-state index is 13.3. The standard InChI is InChI=1S/C20H24FN5O/c1-3-22-20(26-12-14-6-8-23-19(10-14)27-2)24-9-7-15-13-25-18-11-16(21)4-5-17(15)18/h4-6,8,10-11,13,25H,3,7,9,12H2,1-2H3,(H2,22,24,26). The number of nitrogens with one attached hydrogen (secondary N) is 3. The van der Waals surface area contributed by atoms with Gasteiger partial charge in [-0.25, -0.2) is 14.4 Å². The topological polar surface area (TPSA) is 74.3 Å². The number of rotatable bonds is 7. The Balaban J connectivity index is 1.60. The van der Waals surface area contributed by atoms with E-state index in [1.54, 1.807) is 13.3 Å². The Kier molecular flexibility index (Phi) is 6.25. The van der Waals surface area contributed by atoms with Gasteiger partial charge in [0.05, 0.1) is 13.7 Å². The van der Waals surface area contributed by atoms with Crippen LogP contribution < -0.4 is 15.4 Å². The largest absolute Gasteiger partial charge is 0.481 e. The van der Waals surface area contributed by atoms with Gasteiger partial charge < -0.3 is 20.4 Å². The molecule has 2 aromatic heterocycles. The molecule has 0 aliphatic heterocycles. The summed E-state index contributed by atoms with van der Waals surface area (Å²) in [4.78, 5) is 11.8. The Labute approximate surface area is 157 Å². The van der Waals surface area contributed by atoms with Crippen LogP contribution in [0.5, 0.6) is 5.88 Å². The minimum Gasteiger partial charge on any atom is -0.481 e. The fourth-order valence-electron chi connectivity index (χ4n) is 2.85. The molecule has 0 saturated carbocycles. The zero-order chi connectivity index (χ0) is 19.1. The summed E-state index contributed by atoms with van der Waals surface area (Å²) in [6.07, 6.45) is 4.45. The molecule has 0 unspecified atom stereocenters. The van der Waals surface area contributed by atoms with Crippen LogP contribution >= 0.6 is 0 Å². The number of fused-ring (bicyclic) bond motifs is 1. The Bertz CT molecular complexity index is 922. The Morgan fingerprint density at radius 1 is 1.26 bits per heavy atom.